The Hall–Kier alpha value is -0.900. The zero-order valence-electron chi connectivity index (χ0n) is 10.8. The molecule has 1 aromatic carbocycles. The monoisotopic (exact) mass is 234 g/mol. The van der Waals surface area contributed by atoms with Crippen molar-refractivity contribution in [1.29, 1.82) is 0 Å². The van der Waals surface area contributed by atoms with Crippen molar-refractivity contribution in [3.63, 3.8) is 0 Å². The van der Waals surface area contributed by atoms with Gasteiger partial charge in [-0.25, -0.2) is 0 Å². The summed E-state index contributed by atoms with van der Waals surface area (Å²) in [4.78, 5) is 2.44. The number of morpholine rings is 1. The molecule has 1 aliphatic rings. The maximum absolute atomic E-state index is 5.97. The van der Waals surface area contributed by atoms with E-state index in [-0.39, 0.29) is 0 Å². The quantitative estimate of drug-likeness (QED) is 0.864. The van der Waals surface area contributed by atoms with Crippen LogP contribution in [-0.2, 0) is 4.74 Å². The number of ether oxygens (including phenoxy) is 1. The summed E-state index contributed by atoms with van der Waals surface area (Å²) in [5.41, 5.74) is 9.98. The minimum absolute atomic E-state index is 0.332. The van der Waals surface area contributed by atoms with Crippen LogP contribution >= 0.6 is 0 Å². The molecule has 0 amide bonds. The fraction of sp³-hybridized carbons (Fsp3) is 0.571. The first-order chi connectivity index (χ1) is 8.22. The van der Waals surface area contributed by atoms with E-state index < -0.39 is 0 Å². The first-order valence-electron chi connectivity index (χ1n) is 6.31. The molecule has 1 aliphatic heterocycles. The van der Waals surface area contributed by atoms with Gasteiger partial charge in [-0.15, -0.1) is 0 Å². The van der Waals surface area contributed by atoms with Crippen molar-refractivity contribution >= 4 is 0 Å². The molecule has 1 aromatic rings. The number of hydrogen-bond acceptors (Lipinski definition) is 3. The highest BCUT2D eigenvalue weighted by molar-refractivity contribution is 5.33. The van der Waals surface area contributed by atoms with Crippen molar-refractivity contribution in [2.75, 3.05) is 32.8 Å². The lowest BCUT2D eigenvalue weighted by molar-refractivity contribution is 0.0177. The van der Waals surface area contributed by atoms with Crippen LogP contribution in [0, 0.1) is 13.8 Å². The van der Waals surface area contributed by atoms with E-state index >= 15 is 0 Å². The molecule has 0 bridgehead atoms. The highest BCUT2D eigenvalue weighted by Crippen LogP contribution is 2.24. The fourth-order valence-corrected chi connectivity index (χ4v) is 2.48. The number of nitrogens with two attached hydrogens (primary N) is 1. The van der Waals surface area contributed by atoms with E-state index in [2.05, 4.69) is 36.9 Å². The molecule has 1 fully saturated rings. The van der Waals surface area contributed by atoms with E-state index in [1.54, 1.807) is 0 Å². The second kappa shape index (κ2) is 5.63. The number of rotatable bonds is 3. The third-order valence-corrected chi connectivity index (χ3v) is 3.50. The topological polar surface area (TPSA) is 38.5 Å². The summed E-state index contributed by atoms with van der Waals surface area (Å²) in [6.45, 7) is 8.57. The first-order valence-corrected chi connectivity index (χ1v) is 6.31. The molecule has 0 spiro atoms. The number of aryl methyl sites for hydroxylation is 2. The molecule has 3 heteroatoms. The molecule has 2 N–H and O–H groups in total. The SMILES string of the molecule is Cc1ccc(C)c(C(CN)N2CCOCC2)c1. The molecule has 1 unspecified atom stereocenters. The smallest absolute Gasteiger partial charge is 0.0594 e. The summed E-state index contributed by atoms with van der Waals surface area (Å²) in [6, 6.07) is 6.95. The maximum Gasteiger partial charge on any atom is 0.0594 e. The zero-order valence-corrected chi connectivity index (χ0v) is 10.8. The molecule has 0 saturated carbocycles. The van der Waals surface area contributed by atoms with Crippen LogP contribution < -0.4 is 5.73 Å². The number of nitrogens with zero attached hydrogens (tertiary/aromatic N) is 1. The Kier molecular flexibility index (Phi) is 4.15. The van der Waals surface area contributed by atoms with Crippen LogP contribution in [0.25, 0.3) is 0 Å². The first kappa shape index (κ1) is 12.6. The van der Waals surface area contributed by atoms with Crippen LogP contribution in [-0.4, -0.2) is 37.7 Å². The Morgan fingerprint density at radius 1 is 1.29 bits per heavy atom. The van der Waals surface area contributed by atoms with Crippen molar-refractivity contribution in [3.05, 3.63) is 34.9 Å². The van der Waals surface area contributed by atoms with Gasteiger partial charge in [0.2, 0.25) is 0 Å². The Labute approximate surface area is 104 Å². The normalized spacial score (nSPS) is 19.2. The summed E-state index contributed by atoms with van der Waals surface area (Å²) >= 11 is 0. The lowest BCUT2D eigenvalue weighted by Gasteiger charge is -2.34. The van der Waals surface area contributed by atoms with Crippen molar-refractivity contribution < 1.29 is 4.74 Å². The molecular formula is C14H22N2O. The molecule has 17 heavy (non-hydrogen) atoms. The molecule has 94 valence electrons. The lowest BCUT2D eigenvalue weighted by Crippen LogP contribution is -2.42. The van der Waals surface area contributed by atoms with E-state index in [1.165, 1.54) is 16.7 Å². The summed E-state index contributed by atoms with van der Waals surface area (Å²) in [5, 5.41) is 0. The molecule has 1 saturated heterocycles. The highest BCUT2D eigenvalue weighted by Gasteiger charge is 2.22. The Morgan fingerprint density at radius 3 is 2.65 bits per heavy atom. The van der Waals surface area contributed by atoms with Crippen molar-refractivity contribution in [2.24, 2.45) is 5.73 Å². The largest absolute Gasteiger partial charge is 0.379 e. The van der Waals surface area contributed by atoms with Gasteiger partial charge >= 0.3 is 0 Å². The molecule has 2 rings (SSSR count). The molecule has 0 aliphatic carbocycles. The van der Waals surface area contributed by atoms with Gasteiger partial charge in [-0.1, -0.05) is 23.8 Å². The van der Waals surface area contributed by atoms with Crippen molar-refractivity contribution in [1.82, 2.24) is 4.90 Å². The van der Waals surface area contributed by atoms with Crippen molar-refractivity contribution in [2.45, 2.75) is 19.9 Å². The van der Waals surface area contributed by atoms with Gasteiger partial charge in [0.15, 0.2) is 0 Å². The van der Waals surface area contributed by atoms with E-state index in [0.717, 1.165) is 26.3 Å². The zero-order chi connectivity index (χ0) is 12.3. The van der Waals surface area contributed by atoms with Gasteiger partial charge in [-0.3, -0.25) is 4.90 Å². The standard InChI is InChI=1S/C14H22N2O/c1-11-3-4-12(2)13(9-11)14(10-15)16-5-7-17-8-6-16/h3-4,9,14H,5-8,10,15H2,1-2H3. The molecule has 0 radical (unpaired) electrons. The molecule has 3 nitrogen and oxygen atoms in total. The van der Waals surface area contributed by atoms with Crippen LogP contribution in [0.3, 0.4) is 0 Å². The van der Waals surface area contributed by atoms with Crippen LogP contribution in [0.1, 0.15) is 22.7 Å². The van der Waals surface area contributed by atoms with Crippen LogP contribution in [0.15, 0.2) is 18.2 Å². The van der Waals surface area contributed by atoms with E-state index in [9.17, 15) is 0 Å². The van der Waals surface area contributed by atoms with Gasteiger partial charge in [0.1, 0.15) is 0 Å². The van der Waals surface area contributed by atoms with Crippen molar-refractivity contribution in [3.8, 4) is 0 Å². The molecule has 0 aromatic heterocycles. The average Bonchev–Trinajstić information content (AvgIpc) is 2.36. The van der Waals surface area contributed by atoms with E-state index in [0.29, 0.717) is 12.6 Å². The van der Waals surface area contributed by atoms with Gasteiger partial charge in [0, 0.05) is 25.7 Å². The van der Waals surface area contributed by atoms with Crippen LogP contribution in [0.2, 0.25) is 0 Å². The molecule has 1 heterocycles. The highest BCUT2D eigenvalue weighted by atomic mass is 16.5. The third kappa shape index (κ3) is 2.86. The maximum atomic E-state index is 5.97. The minimum Gasteiger partial charge on any atom is -0.379 e. The van der Waals surface area contributed by atoms with Crippen LogP contribution in [0.4, 0.5) is 0 Å². The minimum atomic E-state index is 0.332. The van der Waals surface area contributed by atoms with Gasteiger partial charge in [-0.2, -0.15) is 0 Å². The van der Waals surface area contributed by atoms with Crippen LogP contribution in [0.5, 0.6) is 0 Å². The Bertz CT molecular complexity index is 372. The van der Waals surface area contributed by atoms with Gasteiger partial charge < -0.3 is 10.5 Å². The fourth-order valence-electron chi connectivity index (χ4n) is 2.48. The van der Waals surface area contributed by atoms with Gasteiger partial charge in [-0.05, 0) is 25.0 Å². The lowest BCUT2D eigenvalue weighted by atomic mass is 9.97. The summed E-state index contributed by atoms with van der Waals surface area (Å²) < 4.78 is 5.40. The van der Waals surface area contributed by atoms with Gasteiger partial charge in [0.25, 0.3) is 0 Å². The average molecular weight is 234 g/mol. The Morgan fingerprint density at radius 2 is 2.00 bits per heavy atom. The third-order valence-electron chi connectivity index (χ3n) is 3.50. The number of hydrogen-bond donors (Lipinski definition) is 1. The predicted molar refractivity (Wildman–Crippen MR) is 70.1 cm³/mol. The molecule has 1 atom stereocenters. The van der Waals surface area contributed by atoms with Gasteiger partial charge in [0.05, 0.1) is 13.2 Å². The predicted octanol–water partition coefficient (Wildman–Crippen LogP) is 1.64. The summed E-state index contributed by atoms with van der Waals surface area (Å²) in [6.07, 6.45) is 0. The second-order valence-corrected chi connectivity index (χ2v) is 4.76. The molecular weight excluding hydrogens is 212 g/mol. The number of benzene rings is 1. The van der Waals surface area contributed by atoms with E-state index in [4.69, 9.17) is 10.5 Å². The van der Waals surface area contributed by atoms with E-state index in [1.807, 2.05) is 0 Å². The second-order valence-electron chi connectivity index (χ2n) is 4.76. The summed E-state index contributed by atoms with van der Waals surface area (Å²) in [7, 11) is 0. The Balaban J connectivity index is 2.24. The summed E-state index contributed by atoms with van der Waals surface area (Å²) in [5.74, 6) is 0.